The molecule has 0 radical (unpaired) electrons. The van der Waals surface area contributed by atoms with Crippen LogP contribution >= 0.6 is 0 Å². The number of carboxylic acid groups (broad SMARTS) is 1. The predicted octanol–water partition coefficient (Wildman–Crippen LogP) is 6.90. The van der Waals surface area contributed by atoms with Gasteiger partial charge in [0.25, 0.3) is 0 Å². The van der Waals surface area contributed by atoms with Gasteiger partial charge in [0.15, 0.2) is 0 Å². The van der Waals surface area contributed by atoms with Gasteiger partial charge in [0.2, 0.25) is 5.88 Å². The average Bonchev–Trinajstić information content (AvgIpc) is 3.22. The minimum Gasteiger partial charge on any atom is -0.481 e. The number of hydrogen-bond donors (Lipinski definition) is 1. The number of ether oxygens (including phenoxy) is 1. The third kappa shape index (κ3) is 6.33. The van der Waals surface area contributed by atoms with Gasteiger partial charge in [-0.3, -0.25) is 9.80 Å². The number of aryl methyl sites for hydroxylation is 1. The predicted molar refractivity (Wildman–Crippen MR) is 143 cm³/mol. The second kappa shape index (κ2) is 12.1. The Morgan fingerprint density at radius 2 is 1.79 bits per heavy atom. The van der Waals surface area contributed by atoms with Gasteiger partial charge in [-0.1, -0.05) is 51.1 Å². The van der Waals surface area contributed by atoms with Crippen molar-refractivity contribution in [2.75, 3.05) is 12.1 Å². The lowest BCUT2D eigenvalue weighted by Gasteiger charge is -2.25. The van der Waals surface area contributed by atoms with E-state index >= 15 is 0 Å². The Balaban J connectivity index is 0.00000195. The summed E-state index contributed by atoms with van der Waals surface area (Å²) >= 11 is 0. The van der Waals surface area contributed by atoms with Gasteiger partial charge in [0.1, 0.15) is 5.71 Å². The summed E-state index contributed by atoms with van der Waals surface area (Å²) in [6.45, 7) is 7.38. The Labute approximate surface area is 220 Å². The van der Waals surface area contributed by atoms with Crippen LogP contribution in [0.2, 0.25) is 0 Å². The molecule has 2 atom stereocenters. The van der Waals surface area contributed by atoms with Crippen LogP contribution < -0.4 is 9.75 Å². The molecule has 9 heteroatoms. The molecule has 38 heavy (non-hydrogen) atoms. The van der Waals surface area contributed by atoms with E-state index in [0.717, 1.165) is 27.8 Å². The molecule has 1 aliphatic rings. The van der Waals surface area contributed by atoms with Crippen LogP contribution in [0.5, 0.6) is 5.88 Å². The third-order valence-electron chi connectivity index (χ3n) is 6.43. The molecular formula is C29H32F3N3O3. The number of pyridine rings is 1. The molecule has 1 N–H and O–H groups in total. The Kier molecular flexibility index (Phi) is 9.14. The molecule has 6 nitrogen and oxygen atoms in total. The van der Waals surface area contributed by atoms with Crippen molar-refractivity contribution in [1.82, 2.24) is 4.98 Å². The van der Waals surface area contributed by atoms with Crippen LogP contribution in [0.3, 0.4) is 0 Å². The number of anilines is 1. The van der Waals surface area contributed by atoms with Crippen molar-refractivity contribution in [1.29, 1.82) is 0 Å². The number of carboxylic acids is 1. The Morgan fingerprint density at radius 1 is 1.11 bits per heavy atom. The zero-order valence-corrected chi connectivity index (χ0v) is 22.1. The van der Waals surface area contributed by atoms with Crippen LogP contribution in [0.4, 0.5) is 18.9 Å². The fourth-order valence-electron chi connectivity index (χ4n) is 4.50. The molecule has 0 spiro atoms. The number of hydrogen-bond acceptors (Lipinski definition) is 5. The van der Waals surface area contributed by atoms with Crippen LogP contribution in [-0.4, -0.2) is 41.1 Å². The van der Waals surface area contributed by atoms with Crippen LogP contribution in [0, 0.1) is 12.8 Å². The molecule has 4 rings (SSSR count). The number of nitrogens with zero attached hydrogens (tertiary/aromatic N) is 3. The summed E-state index contributed by atoms with van der Waals surface area (Å²) in [6, 6.07) is 16.0. The molecule has 0 fully saturated rings. The van der Waals surface area contributed by atoms with Crippen molar-refractivity contribution in [3.63, 3.8) is 0 Å². The Morgan fingerprint density at radius 3 is 2.37 bits per heavy atom. The van der Waals surface area contributed by atoms with E-state index in [-0.39, 0.29) is 0 Å². The summed E-state index contributed by atoms with van der Waals surface area (Å²) in [5.74, 6) is -1.68. The van der Waals surface area contributed by atoms with E-state index in [4.69, 9.17) is 4.74 Å². The standard InChI is InChI=1S/C27H26F3N3O3.C2H6/c1-16-13-20(22-5-4-12-31-26(22)36-3)9-8-19(16)14-18-6-10-21(11-7-18)33-23(15-24(34)35)17(2)25(32-33)27(28,29)30;1-2/h4-13,17,23H,14-15H2,1-3H3,(H,34,35);1-2H3/t17?,23-;/m0./s1. The number of benzene rings is 2. The number of alkyl halides is 3. The van der Waals surface area contributed by atoms with Crippen LogP contribution in [-0.2, 0) is 11.2 Å². The van der Waals surface area contributed by atoms with Gasteiger partial charge in [-0.05, 0) is 59.9 Å². The van der Waals surface area contributed by atoms with E-state index in [0.29, 0.717) is 18.0 Å². The molecule has 1 unspecified atom stereocenters. The Bertz CT molecular complexity index is 1290. The third-order valence-corrected chi connectivity index (χ3v) is 6.43. The highest BCUT2D eigenvalue weighted by Gasteiger charge is 2.48. The maximum absolute atomic E-state index is 13.4. The van der Waals surface area contributed by atoms with Crippen LogP contribution in [0.15, 0.2) is 65.9 Å². The highest BCUT2D eigenvalue weighted by atomic mass is 19.4. The fourth-order valence-corrected chi connectivity index (χ4v) is 4.50. The average molecular weight is 528 g/mol. The van der Waals surface area contributed by atoms with Gasteiger partial charge in [-0.25, -0.2) is 4.98 Å². The summed E-state index contributed by atoms with van der Waals surface area (Å²) < 4.78 is 45.6. The number of halogens is 3. The van der Waals surface area contributed by atoms with Gasteiger partial charge in [0.05, 0.1) is 25.3 Å². The first-order valence-electron chi connectivity index (χ1n) is 12.4. The highest BCUT2D eigenvalue weighted by Crippen LogP contribution is 2.36. The second-order valence-corrected chi connectivity index (χ2v) is 8.83. The van der Waals surface area contributed by atoms with Gasteiger partial charge in [0, 0.05) is 17.7 Å². The first-order chi connectivity index (χ1) is 18.1. The largest absolute Gasteiger partial charge is 0.481 e. The van der Waals surface area contributed by atoms with Gasteiger partial charge in [-0.15, -0.1) is 0 Å². The molecule has 0 amide bonds. The highest BCUT2D eigenvalue weighted by molar-refractivity contribution is 5.96. The van der Waals surface area contributed by atoms with E-state index < -0.39 is 36.2 Å². The zero-order valence-electron chi connectivity index (χ0n) is 22.1. The fraction of sp³-hybridized carbons (Fsp3) is 0.345. The summed E-state index contributed by atoms with van der Waals surface area (Å²) in [5.41, 5.74) is 4.50. The zero-order chi connectivity index (χ0) is 28.0. The SMILES string of the molecule is CC.COc1ncccc1-c1ccc(Cc2ccc(N3N=C(C(F)(F)F)C(C)[C@@H]3CC(=O)O)cc2)c(C)c1. The number of rotatable bonds is 7. The topological polar surface area (TPSA) is 75.0 Å². The lowest BCUT2D eigenvalue weighted by atomic mass is 9.94. The minimum absolute atomic E-state index is 0.423. The van der Waals surface area contributed by atoms with Gasteiger partial charge < -0.3 is 9.84 Å². The molecule has 202 valence electrons. The van der Waals surface area contributed by atoms with Gasteiger partial charge >= 0.3 is 12.1 Å². The molecule has 3 aromatic rings. The lowest BCUT2D eigenvalue weighted by Crippen LogP contribution is -2.36. The quantitative estimate of drug-likeness (QED) is 0.362. The number of methoxy groups -OCH3 is 1. The first-order valence-corrected chi connectivity index (χ1v) is 12.4. The van der Waals surface area contributed by atoms with Gasteiger partial charge in [-0.2, -0.15) is 18.3 Å². The summed E-state index contributed by atoms with van der Waals surface area (Å²) in [6.07, 6.45) is -2.76. The maximum atomic E-state index is 13.4. The molecule has 0 saturated heterocycles. The normalized spacial score (nSPS) is 16.9. The number of hydrazone groups is 1. The number of aromatic nitrogens is 1. The molecule has 0 saturated carbocycles. The van der Waals surface area contributed by atoms with Crippen LogP contribution in [0.25, 0.3) is 11.1 Å². The summed E-state index contributed by atoms with van der Waals surface area (Å²) in [7, 11) is 1.58. The monoisotopic (exact) mass is 527 g/mol. The smallest absolute Gasteiger partial charge is 0.431 e. The van der Waals surface area contributed by atoms with Crippen molar-refractivity contribution in [3.8, 4) is 17.0 Å². The van der Waals surface area contributed by atoms with Crippen LogP contribution in [0.1, 0.15) is 43.9 Å². The molecule has 0 bridgehead atoms. The molecule has 1 aromatic heterocycles. The van der Waals surface area contributed by atoms with E-state index in [9.17, 15) is 23.1 Å². The number of aliphatic carboxylic acids is 1. The van der Waals surface area contributed by atoms with Crippen molar-refractivity contribution in [2.24, 2.45) is 11.0 Å². The molecule has 2 aromatic carbocycles. The number of carbonyl (C=O) groups is 1. The summed E-state index contributed by atoms with van der Waals surface area (Å²) in [4.78, 5) is 15.6. The maximum Gasteiger partial charge on any atom is 0.431 e. The van der Waals surface area contributed by atoms with Crippen molar-refractivity contribution in [3.05, 3.63) is 77.5 Å². The molecular weight excluding hydrogens is 495 g/mol. The second-order valence-electron chi connectivity index (χ2n) is 8.83. The summed E-state index contributed by atoms with van der Waals surface area (Å²) in [5, 5.41) is 14.2. The van der Waals surface area contributed by atoms with E-state index in [1.165, 1.54) is 11.9 Å². The first kappa shape index (κ1) is 28.7. The van der Waals surface area contributed by atoms with E-state index in [1.807, 2.05) is 57.2 Å². The minimum atomic E-state index is -4.62. The lowest BCUT2D eigenvalue weighted by molar-refractivity contribution is -0.137. The van der Waals surface area contributed by atoms with Crippen molar-refractivity contribution >= 4 is 17.4 Å². The van der Waals surface area contributed by atoms with E-state index in [2.05, 4.69) is 16.2 Å². The van der Waals surface area contributed by atoms with Crippen molar-refractivity contribution in [2.45, 2.75) is 52.8 Å². The van der Waals surface area contributed by atoms with Crippen molar-refractivity contribution < 1.29 is 27.8 Å². The Hall–Kier alpha value is -3.88. The molecule has 1 aliphatic heterocycles. The molecule has 0 aliphatic carbocycles. The molecule has 2 heterocycles. The van der Waals surface area contributed by atoms with E-state index in [1.54, 1.807) is 25.4 Å².